The number of rotatable bonds is 9. The molecule has 1 aromatic heterocycles. The molecular formula is C22H26F3N3O4S. The molecule has 0 bridgehead atoms. The number of thiophene rings is 1. The molecule has 2 rings (SSSR count). The smallest absolute Gasteiger partial charge is 0.418 e. The van der Waals surface area contributed by atoms with Crippen LogP contribution in [-0.4, -0.2) is 48.9 Å². The number of likely N-dealkylation sites (N-methyl/N-ethyl adjacent to an activating group) is 1. The zero-order valence-corrected chi connectivity index (χ0v) is 19.6. The second kappa shape index (κ2) is 11.3. The SMILES string of the molecule is CCOC(=O)c1c(NC(=O)CN(CC)CC(=O)Nc2ccccc2C(F)(F)F)sc(C)c1C. The summed E-state index contributed by atoms with van der Waals surface area (Å²) >= 11 is 1.24. The molecule has 7 nitrogen and oxygen atoms in total. The molecule has 0 aliphatic heterocycles. The largest absolute Gasteiger partial charge is 0.462 e. The summed E-state index contributed by atoms with van der Waals surface area (Å²) in [5.41, 5.74) is -0.297. The van der Waals surface area contributed by atoms with Crippen molar-refractivity contribution in [2.75, 3.05) is 36.9 Å². The van der Waals surface area contributed by atoms with E-state index in [1.165, 1.54) is 34.4 Å². The monoisotopic (exact) mass is 485 g/mol. The van der Waals surface area contributed by atoms with Gasteiger partial charge in [0, 0.05) is 4.88 Å². The Balaban J connectivity index is 2.05. The molecule has 0 aliphatic carbocycles. The van der Waals surface area contributed by atoms with Crippen molar-refractivity contribution in [2.45, 2.75) is 33.9 Å². The highest BCUT2D eigenvalue weighted by Crippen LogP contribution is 2.35. The molecule has 0 saturated heterocycles. The lowest BCUT2D eigenvalue weighted by molar-refractivity contribution is -0.137. The summed E-state index contributed by atoms with van der Waals surface area (Å²) in [7, 11) is 0. The molecule has 33 heavy (non-hydrogen) atoms. The summed E-state index contributed by atoms with van der Waals surface area (Å²) in [6, 6.07) is 4.68. The van der Waals surface area contributed by atoms with Gasteiger partial charge in [0.05, 0.1) is 36.5 Å². The third kappa shape index (κ3) is 7.03. The standard InChI is InChI=1S/C22H26F3N3O4S/c1-5-28(11-17(29)26-16-10-8-7-9-15(16)22(23,24)25)12-18(30)27-20-19(21(31)32-6-2)13(3)14(4)33-20/h7-10H,5-6,11-12H2,1-4H3,(H,26,29)(H,27,30). The summed E-state index contributed by atoms with van der Waals surface area (Å²) in [6.45, 7) is 6.99. The van der Waals surface area contributed by atoms with Crippen molar-refractivity contribution in [3.8, 4) is 0 Å². The Kier molecular flexibility index (Phi) is 9.00. The lowest BCUT2D eigenvalue weighted by Gasteiger charge is -2.20. The molecule has 1 heterocycles. The number of carbonyl (C=O) groups excluding carboxylic acids is 3. The summed E-state index contributed by atoms with van der Waals surface area (Å²) < 4.78 is 44.4. The van der Waals surface area contributed by atoms with Crippen LogP contribution < -0.4 is 10.6 Å². The number of ether oxygens (including phenoxy) is 1. The number of aryl methyl sites for hydroxylation is 1. The molecule has 180 valence electrons. The Bertz CT molecular complexity index is 1020. The van der Waals surface area contributed by atoms with E-state index in [0.29, 0.717) is 17.1 Å². The van der Waals surface area contributed by atoms with E-state index < -0.39 is 29.5 Å². The second-order valence-corrected chi connectivity index (χ2v) is 8.38. The molecule has 0 saturated carbocycles. The number of nitrogens with one attached hydrogen (secondary N) is 2. The number of hydrogen-bond donors (Lipinski definition) is 2. The summed E-state index contributed by atoms with van der Waals surface area (Å²) in [5.74, 6) is -1.69. The normalized spacial score (nSPS) is 11.4. The summed E-state index contributed by atoms with van der Waals surface area (Å²) in [6.07, 6.45) is -4.61. The second-order valence-electron chi connectivity index (χ2n) is 7.15. The maximum atomic E-state index is 13.1. The molecule has 0 spiro atoms. The molecule has 0 aliphatic rings. The number of alkyl halides is 3. The zero-order valence-electron chi connectivity index (χ0n) is 18.8. The van der Waals surface area contributed by atoms with Gasteiger partial charge in [-0.1, -0.05) is 19.1 Å². The Morgan fingerprint density at radius 2 is 1.64 bits per heavy atom. The number of amides is 2. The predicted octanol–water partition coefficient (Wildman–Crippen LogP) is 4.46. The van der Waals surface area contributed by atoms with Crippen molar-refractivity contribution in [1.82, 2.24) is 4.90 Å². The van der Waals surface area contributed by atoms with Crippen molar-refractivity contribution in [1.29, 1.82) is 0 Å². The molecule has 2 amide bonds. The van der Waals surface area contributed by atoms with E-state index in [-0.39, 0.29) is 30.9 Å². The highest BCUT2D eigenvalue weighted by atomic mass is 32.1. The Labute approximate surface area is 193 Å². The van der Waals surface area contributed by atoms with E-state index in [4.69, 9.17) is 4.74 Å². The van der Waals surface area contributed by atoms with Gasteiger partial charge in [-0.15, -0.1) is 11.3 Å². The van der Waals surface area contributed by atoms with Crippen molar-refractivity contribution in [3.05, 3.63) is 45.8 Å². The highest BCUT2D eigenvalue weighted by Gasteiger charge is 2.33. The van der Waals surface area contributed by atoms with Crippen LogP contribution in [0.3, 0.4) is 0 Å². The van der Waals surface area contributed by atoms with E-state index in [0.717, 1.165) is 10.9 Å². The molecule has 0 fully saturated rings. The lowest BCUT2D eigenvalue weighted by Crippen LogP contribution is -2.39. The first kappa shape index (κ1) is 26.3. The van der Waals surface area contributed by atoms with Gasteiger partial charge in [0.15, 0.2) is 0 Å². The average molecular weight is 486 g/mol. The van der Waals surface area contributed by atoms with Gasteiger partial charge in [-0.05, 0) is 45.0 Å². The Morgan fingerprint density at radius 3 is 2.21 bits per heavy atom. The summed E-state index contributed by atoms with van der Waals surface area (Å²) in [5, 5.41) is 5.30. The van der Waals surface area contributed by atoms with E-state index in [1.54, 1.807) is 20.8 Å². The van der Waals surface area contributed by atoms with E-state index in [1.807, 2.05) is 6.92 Å². The van der Waals surface area contributed by atoms with Crippen LogP contribution in [0.1, 0.15) is 40.2 Å². The van der Waals surface area contributed by atoms with Crippen LogP contribution in [0.2, 0.25) is 0 Å². The first-order valence-electron chi connectivity index (χ1n) is 10.2. The highest BCUT2D eigenvalue weighted by molar-refractivity contribution is 7.16. The topological polar surface area (TPSA) is 87.7 Å². The average Bonchev–Trinajstić information content (AvgIpc) is 3.00. The minimum absolute atomic E-state index is 0.191. The van der Waals surface area contributed by atoms with Gasteiger partial charge in [0.2, 0.25) is 11.8 Å². The van der Waals surface area contributed by atoms with Gasteiger partial charge in [0.25, 0.3) is 0 Å². The fraction of sp³-hybridized carbons (Fsp3) is 0.409. The van der Waals surface area contributed by atoms with E-state index in [9.17, 15) is 27.6 Å². The maximum Gasteiger partial charge on any atom is 0.418 e. The van der Waals surface area contributed by atoms with Crippen LogP contribution in [0.4, 0.5) is 23.9 Å². The number of hydrogen-bond acceptors (Lipinski definition) is 6. The number of nitrogens with zero attached hydrogens (tertiary/aromatic N) is 1. The van der Waals surface area contributed by atoms with Gasteiger partial charge >= 0.3 is 12.1 Å². The quantitative estimate of drug-likeness (QED) is 0.512. The number of esters is 1. The molecule has 0 radical (unpaired) electrons. The maximum absolute atomic E-state index is 13.1. The van der Waals surface area contributed by atoms with Crippen LogP contribution in [0, 0.1) is 13.8 Å². The van der Waals surface area contributed by atoms with Gasteiger partial charge in [-0.3, -0.25) is 14.5 Å². The zero-order chi connectivity index (χ0) is 24.8. The number of carbonyl (C=O) groups is 3. The van der Waals surface area contributed by atoms with Gasteiger partial charge in [-0.2, -0.15) is 13.2 Å². The fourth-order valence-electron chi connectivity index (χ4n) is 3.04. The third-order valence-electron chi connectivity index (χ3n) is 4.81. The molecule has 11 heteroatoms. The van der Waals surface area contributed by atoms with Gasteiger partial charge in [-0.25, -0.2) is 4.79 Å². The van der Waals surface area contributed by atoms with Crippen molar-refractivity contribution in [3.63, 3.8) is 0 Å². The van der Waals surface area contributed by atoms with Crippen LogP contribution in [0.25, 0.3) is 0 Å². The first-order valence-corrected chi connectivity index (χ1v) is 11.0. The number of para-hydroxylation sites is 1. The van der Waals surface area contributed by atoms with Gasteiger partial charge in [0.1, 0.15) is 5.00 Å². The molecule has 0 atom stereocenters. The van der Waals surface area contributed by atoms with Gasteiger partial charge < -0.3 is 15.4 Å². The number of anilines is 2. The van der Waals surface area contributed by atoms with Crippen LogP contribution in [-0.2, 0) is 20.5 Å². The molecule has 1 aromatic carbocycles. The summed E-state index contributed by atoms with van der Waals surface area (Å²) in [4.78, 5) is 39.5. The molecule has 2 aromatic rings. The van der Waals surface area contributed by atoms with E-state index >= 15 is 0 Å². The minimum Gasteiger partial charge on any atom is -0.462 e. The van der Waals surface area contributed by atoms with Crippen molar-refractivity contribution in [2.24, 2.45) is 0 Å². The molecule has 0 unspecified atom stereocenters. The third-order valence-corrected chi connectivity index (χ3v) is 5.93. The molecular weight excluding hydrogens is 459 g/mol. The number of benzene rings is 1. The van der Waals surface area contributed by atoms with Crippen molar-refractivity contribution < 1.29 is 32.3 Å². The van der Waals surface area contributed by atoms with Crippen LogP contribution in [0.5, 0.6) is 0 Å². The van der Waals surface area contributed by atoms with Crippen LogP contribution in [0.15, 0.2) is 24.3 Å². The fourth-order valence-corrected chi connectivity index (χ4v) is 4.11. The van der Waals surface area contributed by atoms with Crippen LogP contribution >= 0.6 is 11.3 Å². The predicted molar refractivity (Wildman–Crippen MR) is 121 cm³/mol. The Hall–Kier alpha value is -2.92. The molecule has 2 N–H and O–H groups in total. The van der Waals surface area contributed by atoms with Crippen molar-refractivity contribution >= 4 is 39.8 Å². The minimum atomic E-state index is -4.61. The first-order chi connectivity index (χ1) is 15.5. The lowest BCUT2D eigenvalue weighted by atomic mass is 10.1. The number of halogens is 3. The Morgan fingerprint density at radius 1 is 1.03 bits per heavy atom. The van der Waals surface area contributed by atoms with E-state index in [2.05, 4.69) is 10.6 Å².